The summed E-state index contributed by atoms with van der Waals surface area (Å²) >= 11 is 3.53. The van der Waals surface area contributed by atoms with Gasteiger partial charge in [0, 0.05) is 17.1 Å². The Balaban J connectivity index is 2.16. The van der Waals surface area contributed by atoms with Crippen LogP contribution in [0.4, 0.5) is 0 Å². The maximum atomic E-state index is 13.0. The molecule has 2 amide bonds. The minimum Gasteiger partial charge on any atom is -0.484 e. The Labute approximate surface area is 181 Å². The number of amides is 2. The van der Waals surface area contributed by atoms with Gasteiger partial charge in [0.15, 0.2) is 6.61 Å². The number of ether oxygens (including phenoxy) is 1. The van der Waals surface area contributed by atoms with Crippen molar-refractivity contribution in [3.63, 3.8) is 0 Å². The lowest BCUT2D eigenvalue weighted by molar-refractivity contribution is -0.142. The molecule has 2 rings (SSSR count). The zero-order valence-electron chi connectivity index (χ0n) is 17.7. The van der Waals surface area contributed by atoms with Gasteiger partial charge in [0.25, 0.3) is 5.91 Å². The molecule has 0 saturated heterocycles. The van der Waals surface area contributed by atoms with E-state index in [0.717, 1.165) is 21.2 Å². The van der Waals surface area contributed by atoms with Crippen LogP contribution in [0.15, 0.2) is 46.9 Å². The van der Waals surface area contributed by atoms with Crippen LogP contribution >= 0.6 is 15.9 Å². The zero-order chi connectivity index (χ0) is 21.6. The number of carbonyl (C=O) groups is 2. The molecule has 0 bridgehead atoms. The van der Waals surface area contributed by atoms with E-state index in [1.165, 1.54) is 0 Å². The van der Waals surface area contributed by atoms with E-state index in [1.807, 2.05) is 70.2 Å². The summed E-state index contributed by atoms with van der Waals surface area (Å²) in [6, 6.07) is 12.8. The van der Waals surface area contributed by atoms with Crippen molar-refractivity contribution in [2.75, 3.05) is 6.61 Å². The van der Waals surface area contributed by atoms with Crippen molar-refractivity contribution in [2.24, 2.45) is 0 Å². The molecule has 1 atom stereocenters. The van der Waals surface area contributed by atoms with Gasteiger partial charge in [0.1, 0.15) is 11.8 Å². The molecule has 1 N–H and O–H groups in total. The number of aryl methyl sites for hydroxylation is 2. The summed E-state index contributed by atoms with van der Waals surface area (Å²) < 4.78 is 6.80. The molecule has 2 aromatic carbocycles. The van der Waals surface area contributed by atoms with Gasteiger partial charge in [-0.05, 0) is 63.4 Å². The summed E-state index contributed by atoms with van der Waals surface area (Å²) in [5.41, 5.74) is 3.04. The molecule has 156 valence electrons. The molecule has 5 nitrogen and oxygen atoms in total. The van der Waals surface area contributed by atoms with E-state index in [9.17, 15) is 9.59 Å². The van der Waals surface area contributed by atoms with E-state index in [0.29, 0.717) is 12.3 Å². The predicted octanol–water partition coefficient (Wildman–Crippen LogP) is 4.39. The van der Waals surface area contributed by atoms with Gasteiger partial charge in [-0.1, -0.05) is 46.3 Å². The van der Waals surface area contributed by atoms with Gasteiger partial charge in [-0.25, -0.2) is 0 Å². The van der Waals surface area contributed by atoms with Crippen LogP contribution < -0.4 is 10.1 Å². The largest absolute Gasteiger partial charge is 0.484 e. The summed E-state index contributed by atoms with van der Waals surface area (Å²) in [5, 5.41) is 2.88. The lowest BCUT2D eigenvalue weighted by Crippen LogP contribution is -2.50. The second-order valence-corrected chi connectivity index (χ2v) is 8.30. The molecule has 0 radical (unpaired) electrons. The average Bonchev–Trinajstić information content (AvgIpc) is 2.68. The van der Waals surface area contributed by atoms with Crippen molar-refractivity contribution >= 4 is 27.7 Å². The quantitative estimate of drug-likeness (QED) is 0.635. The highest BCUT2D eigenvalue weighted by Gasteiger charge is 2.26. The number of halogens is 1. The van der Waals surface area contributed by atoms with Crippen LogP contribution in [0, 0.1) is 13.8 Å². The van der Waals surface area contributed by atoms with Gasteiger partial charge in [-0.15, -0.1) is 0 Å². The van der Waals surface area contributed by atoms with E-state index in [-0.39, 0.29) is 24.5 Å². The minimum absolute atomic E-state index is 0.00333. The second-order valence-electron chi connectivity index (χ2n) is 7.51. The maximum absolute atomic E-state index is 13.0. The molecular weight excluding hydrogens is 432 g/mol. The molecule has 0 aromatic heterocycles. The molecule has 2 aromatic rings. The third-order valence-corrected chi connectivity index (χ3v) is 5.82. The fourth-order valence-electron chi connectivity index (χ4n) is 2.99. The van der Waals surface area contributed by atoms with Crippen LogP contribution in [0.5, 0.6) is 5.75 Å². The number of nitrogens with zero attached hydrogens (tertiary/aromatic N) is 1. The van der Waals surface area contributed by atoms with Crippen molar-refractivity contribution in [3.05, 3.63) is 63.6 Å². The predicted molar refractivity (Wildman–Crippen MR) is 119 cm³/mol. The van der Waals surface area contributed by atoms with Crippen LogP contribution in [-0.4, -0.2) is 35.4 Å². The molecule has 0 fully saturated rings. The van der Waals surface area contributed by atoms with Crippen LogP contribution in [0.25, 0.3) is 0 Å². The van der Waals surface area contributed by atoms with E-state index in [4.69, 9.17) is 4.74 Å². The highest BCUT2D eigenvalue weighted by molar-refractivity contribution is 9.10. The highest BCUT2D eigenvalue weighted by atomic mass is 79.9. The lowest BCUT2D eigenvalue weighted by atomic mass is 10.1. The molecule has 0 aliphatic rings. The Morgan fingerprint density at radius 2 is 1.66 bits per heavy atom. The first-order valence-corrected chi connectivity index (χ1v) is 10.5. The summed E-state index contributed by atoms with van der Waals surface area (Å²) in [7, 11) is 0. The summed E-state index contributed by atoms with van der Waals surface area (Å²) in [6.45, 7) is 9.70. The second kappa shape index (κ2) is 10.4. The van der Waals surface area contributed by atoms with Crippen LogP contribution in [-0.2, 0) is 16.1 Å². The van der Waals surface area contributed by atoms with Crippen molar-refractivity contribution in [2.45, 2.75) is 53.2 Å². The monoisotopic (exact) mass is 460 g/mol. The van der Waals surface area contributed by atoms with Crippen LogP contribution in [0.1, 0.15) is 37.5 Å². The molecule has 0 aliphatic carbocycles. The number of nitrogens with one attached hydrogen (secondary N) is 1. The van der Waals surface area contributed by atoms with Gasteiger partial charge in [0.05, 0.1) is 0 Å². The summed E-state index contributed by atoms with van der Waals surface area (Å²) in [4.78, 5) is 27.1. The standard InChI is InChI=1S/C23H29BrN2O3/c1-15(2)25-23(28)18(5)26(13-19-9-7-6-8-10-19)21(27)14-29-20-11-16(3)22(24)17(4)12-20/h6-12,15,18H,13-14H2,1-5H3,(H,25,28)/t18-/m1/s1. The topological polar surface area (TPSA) is 58.6 Å². The fourth-order valence-corrected chi connectivity index (χ4v) is 3.21. The van der Waals surface area contributed by atoms with Gasteiger partial charge in [0.2, 0.25) is 5.91 Å². The van der Waals surface area contributed by atoms with Crippen molar-refractivity contribution < 1.29 is 14.3 Å². The number of rotatable bonds is 8. The average molecular weight is 461 g/mol. The Morgan fingerprint density at radius 1 is 1.07 bits per heavy atom. The Hall–Kier alpha value is -2.34. The van der Waals surface area contributed by atoms with Gasteiger partial charge >= 0.3 is 0 Å². The first-order valence-electron chi connectivity index (χ1n) is 9.72. The molecule has 0 aliphatic heterocycles. The van der Waals surface area contributed by atoms with Crippen LogP contribution in [0.2, 0.25) is 0 Å². The maximum Gasteiger partial charge on any atom is 0.261 e. The van der Waals surface area contributed by atoms with Gasteiger partial charge in [-0.3, -0.25) is 9.59 Å². The minimum atomic E-state index is -0.609. The number of carbonyl (C=O) groups excluding carboxylic acids is 2. The van der Waals surface area contributed by atoms with Gasteiger partial charge in [-0.2, -0.15) is 0 Å². The molecular formula is C23H29BrN2O3. The van der Waals surface area contributed by atoms with E-state index >= 15 is 0 Å². The molecule has 6 heteroatoms. The van der Waals surface area contributed by atoms with E-state index in [1.54, 1.807) is 11.8 Å². The third-order valence-electron chi connectivity index (χ3n) is 4.57. The number of hydrogen-bond acceptors (Lipinski definition) is 3. The van der Waals surface area contributed by atoms with Crippen molar-refractivity contribution in [1.82, 2.24) is 10.2 Å². The van der Waals surface area contributed by atoms with E-state index in [2.05, 4.69) is 21.2 Å². The smallest absolute Gasteiger partial charge is 0.261 e. The number of hydrogen-bond donors (Lipinski definition) is 1. The highest BCUT2D eigenvalue weighted by Crippen LogP contribution is 2.26. The van der Waals surface area contributed by atoms with Crippen LogP contribution in [0.3, 0.4) is 0 Å². The van der Waals surface area contributed by atoms with Gasteiger partial charge < -0.3 is 15.0 Å². The third kappa shape index (κ3) is 6.60. The molecule has 29 heavy (non-hydrogen) atoms. The molecule has 0 spiro atoms. The Kier molecular flexibility index (Phi) is 8.26. The summed E-state index contributed by atoms with van der Waals surface area (Å²) in [5.74, 6) is 0.216. The Morgan fingerprint density at radius 3 is 2.21 bits per heavy atom. The van der Waals surface area contributed by atoms with Crippen molar-refractivity contribution in [1.29, 1.82) is 0 Å². The Bertz CT molecular complexity index is 829. The zero-order valence-corrected chi connectivity index (χ0v) is 19.2. The SMILES string of the molecule is Cc1cc(OCC(=O)N(Cc2ccccc2)[C@H](C)C(=O)NC(C)C)cc(C)c1Br. The van der Waals surface area contributed by atoms with E-state index < -0.39 is 6.04 Å². The molecule has 0 unspecified atom stereocenters. The van der Waals surface area contributed by atoms with Crippen molar-refractivity contribution in [3.8, 4) is 5.75 Å². The normalized spacial score (nSPS) is 11.8. The fraction of sp³-hybridized carbons (Fsp3) is 0.391. The number of benzene rings is 2. The first-order chi connectivity index (χ1) is 13.7. The molecule has 0 heterocycles. The first kappa shape index (κ1) is 22.9. The lowest BCUT2D eigenvalue weighted by Gasteiger charge is -2.29. The molecule has 0 saturated carbocycles. The summed E-state index contributed by atoms with van der Waals surface area (Å²) in [6.07, 6.45) is 0.